The van der Waals surface area contributed by atoms with E-state index in [1.54, 1.807) is 30.0 Å². The molecule has 0 spiro atoms. The third kappa shape index (κ3) is 6.32. The summed E-state index contributed by atoms with van der Waals surface area (Å²) < 4.78 is 19.3. The van der Waals surface area contributed by atoms with Crippen LogP contribution in [-0.2, 0) is 10.3 Å². The van der Waals surface area contributed by atoms with Crippen LogP contribution in [0.15, 0.2) is 61.2 Å². The Bertz CT molecular complexity index is 992. The van der Waals surface area contributed by atoms with Crippen molar-refractivity contribution < 1.29 is 13.9 Å². The molecule has 0 aromatic heterocycles. The number of ether oxygens (including phenoxy) is 1. The average Bonchev–Trinajstić information content (AvgIpc) is 2.80. The fourth-order valence-electron chi connectivity index (χ4n) is 3.78. The van der Waals surface area contributed by atoms with Crippen LogP contribution in [0.25, 0.3) is 0 Å². The molecule has 0 bridgehead atoms. The maximum atomic E-state index is 13.4. The van der Waals surface area contributed by atoms with Gasteiger partial charge in [0.15, 0.2) is 0 Å². The van der Waals surface area contributed by atoms with Gasteiger partial charge in [-0.1, -0.05) is 68.1 Å². The van der Waals surface area contributed by atoms with Crippen LogP contribution in [0.2, 0.25) is 0 Å². The van der Waals surface area contributed by atoms with Gasteiger partial charge >= 0.3 is 6.09 Å². The first kappa shape index (κ1) is 26.3. The normalized spacial score (nSPS) is 18.5. The molecule has 1 fully saturated rings. The molecule has 2 aromatic rings. The zero-order chi connectivity index (χ0) is 24.6. The summed E-state index contributed by atoms with van der Waals surface area (Å²) in [5, 5.41) is 16.2. The van der Waals surface area contributed by atoms with Crippen LogP contribution in [0, 0.1) is 16.6 Å². The van der Waals surface area contributed by atoms with Gasteiger partial charge in [-0.05, 0) is 37.1 Å². The highest BCUT2D eigenvalue weighted by atomic mass is 32.2. The molecule has 176 valence electrons. The highest BCUT2D eigenvalue weighted by Crippen LogP contribution is 2.40. The third-order valence-corrected chi connectivity index (χ3v) is 6.24. The largest absolute Gasteiger partial charge is 0.437 e. The maximum absolute atomic E-state index is 13.4. The van der Waals surface area contributed by atoms with E-state index in [1.165, 1.54) is 12.1 Å². The number of nitrogens with zero attached hydrogens (tertiary/aromatic N) is 1. The van der Waals surface area contributed by atoms with Gasteiger partial charge in [-0.2, -0.15) is 0 Å². The molecular formula is C26H32FN3O2S. The number of thioether (sulfide) groups is 1. The summed E-state index contributed by atoms with van der Waals surface area (Å²) in [7, 11) is 0. The Kier molecular flexibility index (Phi) is 9.41. The van der Waals surface area contributed by atoms with Crippen molar-refractivity contribution in [1.29, 1.82) is 10.8 Å². The molecule has 5 nitrogen and oxygen atoms in total. The van der Waals surface area contributed by atoms with Gasteiger partial charge < -0.3 is 9.64 Å². The van der Waals surface area contributed by atoms with E-state index in [-0.39, 0.29) is 11.9 Å². The minimum absolute atomic E-state index is 0.206. The van der Waals surface area contributed by atoms with Crippen molar-refractivity contribution in [3.05, 3.63) is 83.7 Å². The number of carbonyl (C=O) groups excluding carboxylic acids is 1. The van der Waals surface area contributed by atoms with Crippen molar-refractivity contribution in [2.45, 2.75) is 52.2 Å². The molecule has 7 heteroatoms. The van der Waals surface area contributed by atoms with E-state index in [0.29, 0.717) is 29.5 Å². The minimum atomic E-state index is -0.844. The summed E-state index contributed by atoms with van der Waals surface area (Å²) in [6.45, 7) is 11.9. The van der Waals surface area contributed by atoms with Crippen molar-refractivity contribution >= 4 is 27.9 Å². The van der Waals surface area contributed by atoms with Crippen molar-refractivity contribution in [3.63, 3.8) is 0 Å². The predicted molar refractivity (Wildman–Crippen MR) is 135 cm³/mol. The first-order chi connectivity index (χ1) is 15.8. The van der Waals surface area contributed by atoms with E-state index < -0.39 is 11.7 Å². The van der Waals surface area contributed by atoms with Gasteiger partial charge in [0.05, 0.1) is 11.1 Å². The van der Waals surface area contributed by atoms with Crippen LogP contribution >= 0.6 is 11.8 Å². The second-order valence-corrected chi connectivity index (χ2v) is 8.82. The van der Waals surface area contributed by atoms with Gasteiger partial charge in [0.2, 0.25) is 0 Å². The van der Waals surface area contributed by atoms with Crippen molar-refractivity contribution in [3.8, 4) is 0 Å². The molecule has 0 radical (unpaired) electrons. The molecule has 1 saturated heterocycles. The van der Waals surface area contributed by atoms with Crippen molar-refractivity contribution in [2.75, 3.05) is 6.54 Å². The maximum Gasteiger partial charge on any atom is 0.411 e. The van der Waals surface area contributed by atoms with Crippen LogP contribution in [0.3, 0.4) is 0 Å². The van der Waals surface area contributed by atoms with E-state index in [0.717, 1.165) is 28.5 Å². The number of hydrogen-bond donors (Lipinski definition) is 2. The molecule has 2 N–H and O–H groups in total. The topological polar surface area (TPSA) is 77.2 Å². The lowest BCUT2D eigenvalue weighted by Crippen LogP contribution is -2.48. The molecule has 0 aliphatic carbocycles. The highest BCUT2D eigenvalue weighted by Gasteiger charge is 2.42. The second-order valence-electron chi connectivity index (χ2n) is 7.59. The Morgan fingerprint density at radius 2 is 1.82 bits per heavy atom. The Morgan fingerprint density at radius 3 is 2.33 bits per heavy atom. The van der Waals surface area contributed by atoms with E-state index in [1.807, 2.05) is 45.0 Å². The molecule has 1 heterocycles. The number of amides is 1. The van der Waals surface area contributed by atoms with Crippen LogP contribution in [0.1, 0.15) is 63.3 Å². The summed E-state index contributed by atoms with van der Waals surface area (Å²) in [4.78, 5) is 14.7. The van der Waals surface area contributed by atoms with E-state index in [4.69, 9.17) is 15.6 Å². The molecular weight excluding hydrogens is 437 g/mol. The Balaban J connectivity index is 0.00000187. The number of hydrogen-bond acceptors (Lipinski definition) is 5. The van der Waals surface area contributed by atoms with Gasteiger partial charge in [0.25, 0.3) is 0 Å². The molecule has 3 rings (SSSR count). The number of benzene rings is 2. The van der Waals surface area contributed by atoms with Gasteiger partial charge in [0, 0.05) is 24.9 Å². The summed E-state index contributed by atoms with van der Waals surface area (Å²) in [6.07, 6.45) is 2.32. The molecule has 1 aliphatic heterocycles. The fourth-order valence-corrected chi connectivity index (χ4v) is 4.34. The summed E-state index contributed by atoms with van der Waals surface area (Å²) in [5.74, 6) is -0.333. The van der Waals surface area contributed by atoms with Gasteiger partial charge in [-0.25, -0.2) is 9.18 Å². The van der Waals surface area contributed by atoms with Crippen molar-refractivity contribution in [2.24, 2.45) is 0 Å². The fraction of sp³-hybridized carbons (Fsp3) is 0.346. The van der Waals surface area contributed by atoms with E-state index in [9.17, 15) is 9.18 Å². The number of rotatable bonds is 6. The molecule has 1 aliphatic rings. The van der Waals surface area contributed by atoms with Gasteiger partial charge in [-0.3, -0.25) is 10.8 Å². The quantitative estimate of drug-likeness (QED) is 0.265. The van der Waals surface area contributed by atoms with Crippen LogP contribution in [-0.4, -0.2) is 27.6 Å². The average molecular weight is 470 g/mol. The summed E-state index contributed by atoms with van der Waals surface area (Å²) in [6, 6.07) is 13.3. The Labute approximate surface area is 200 Å². The van der Waals surface area contributed by atoms with Gasteiger partial charge in [-0.15, -0.1) is 6.58 Å². The van der Waals surface area contributed by atoms with E-state index >= 15 is 0 Å². The molecule has 2 aromatic carbocycles. The SMILES string of the molecule is C=CCC1(c2ccc(F)cc2)CCN(C(C)c2ccc(C(=N)SC(C)=N)cc2)C(=O)O1.CC. The Hall–Kier alpha value is -2.93. The van der Waals surface area contributed by atoms with Crippen molar-refractivity contribution in [1.82, 2.24) is 4.90 Å². The van der Waals surface area contributed by atoms with Crippen LogP contribution in [0.4, 0.5) is 9.18 Å². The number of cyclic esters (lactones) is 1. The van der Waals surface area contributed by atoms with Crippen LogP contribution in [0.5, 0.6) is 0 Å². The molecule has 1 amide bonds. The lowest BCUT2D eigenvalue weighted by molar-refractivity contribution is -0.0588. The first-order valence-electron chi connectivity index (χ1n) is 11.0. The van der Waals surface area contributed by atoms with Crippen LogP contribution < -0.4 is 0 Å². The molecule has 2 unspecified atom stereocenters. The lowest BCUT2D eigenvalue weighted by atomic mass is 9.85. The molecule has 0 saturated carbocycles. The smallest absolute Gasteiger partial charge is 0.411 e. The predicted octanol–water partition coefficient (Wildman–Crippen LogP) is 7.28. The second kappa shape index (κ2) is 11.8. The van der Waals surface area contributed by atoms with E-state index in [2.05, 4.69) is 6.58 Å². The number of halogens is 1. The molecule has 2 atom stereocenters. The third-order valence-electron chi connectivity index (χ3n) is 5.50. The molecule has 33 heavy (non-hydrogen) atoms. The highest BCUT2D eigenvalue weighted by molar-refractivity contribution is 8.26. The minimum Gasteiger partial charge on any atom is -0.437 e. The lowest BCUT2D eigenvalue weighted by Gasteiger charge is -2.43. The zero-order valence-electron chi connectivity index (χ0n) is 19.7. The number of carbonyl (C=O) groups is 1. The van der Waals surface area contributed by atoms with Gasteiger partial charge in [0.1, 0.15) is 16.5 Å². The first-order valence-corrected chi connectivity index (χ1v) is 11.9. The number of nitrogens with one attached hydrogen (secondary N) is 2. The Morgan fingerprint density at radius 1 is 1.21 bits per heavy atom. The zero-order valence-corrected chi connectivity index (χ0v) is 20.5. The summed E-state index contributed by atoms with van der Waals surface area (Å²) in [5.41, 5.74) is 1.58. The monoisotopic (exact) mass is 469 g/mol. The standard InChI is InChI=1S/C24H26FN3O2S.C2H6/c1-4-13-24(20-9-11-21(25)12-10-20)14-15-28(23(29)30-24)16(2)18-5-7-19(8-6-18)22(27)31-17(3)26;1-2/h4-12,16,26-27H,1,13-15H2,2-3H3;1-2H3. The summed E-state index contributed by atoms with van der Waals surface area (Å²) >= 11 is 1.10.